The van der Waals surface area contributed by atoms with Crippen molar-refractivity contribution in [3.05, 3.63) is 25.3 Å². The Hall–Kier alpha value is -2.24. The molecule has 8 atom stereocenters. The van der Waals surface area contributed by atoms with Gasteiger partial charge in [0, 0.05) is 24.3 Å². The molecule has 3 aliphatic rings. The second kappa shape index (κ2) is 14.1. The first-order chi connectivity index (χ1) is 19.1. The number of fused-ring (bicyclic) bond motifs is 1. The number of likely N-dealkylation sites (tertiary alicyclic amines) is 1. The lowest BCUT2D eigenvalue weighted by atomic mass is 9.70. The van der Waals surface area contributed by atoms with Crippen LogP contribution in [0.4, 0.5) is 0 Å². The molecule has 11 heteroatoms. The number of nitrogens with zero attached hydrogens (tertiary/aromatic N) is 2. The van der Waals surface area contributed by atoms with Gasteiger partial charge in [0.25, 0.3) is 0 Å². The molecule has 0 aromatic heterocycles. The van der Waals surface area contributed by atoms with Crippen molar-refractivity contribution in [2.45, 2.75) is 94.0 Å². The molecule has 40 heavy (non-hydrogen) atoms. The normalized spacial score (nSPS) is 30.0. The summed E-state index contributed by atoms with van der Waals surface area (Å²) in [7, 11) is 0. The molecule has 224 valence electrons. The van der Waals surface area contributed by atoms with Crippen molar-refractivity contribution < 1.29 is 33.8 Å². The van der Waals surface area contributed by atoms with Crippen LogP contribution in [0.3, 0.4) is 0 Å². The van der Waals surface area contributed by atoms with Crippen LogP contribution in [-0.4, -0.2) is 99.6 Å². The van der Waals surface area contributed by atoms with Crippen LogP contribution in [0.5, 0.6) is 0 Å². The van der Waals surface area contributed by atoms with Crippen molar-refractivity contribution in [3.8, 4) is 0 Å². The van der Waals surface area contributed by atoms with Gasteiger partial charge in [-0.05, 0) is 32.6 Å². The standard InChI is InChI=1S/C29H44BrN3O7/c1-6-10-12-21(35)31-16-18(5)39-28(38)22-23-26(36)33(19(9-4)17-34)25(29(23)15-20(30)24(22)40-29)27(37)32(13-8-3)14-11-7-2/h6,8,18-20,22-25,34H,1,3,7,9-17H2,2,4-5H3,(H,31,35)/t18-,19+,20?,22-,23+,24-,25-,29+/m1/s1. The van der Waals surface area contributed by atoms with Crippen molar-refractivity contribution in [3.63, 3.8) is 0 Å². The second-order valence-electron chi connectivity index (χ2n) is 11.0. The molecule has 3 aliphatic heterocycles. The average Bonchev–Trinajstić information content (AvgIpc) is 3.52. The number of halogens is 1. The van der Waals surface area contributed by atoms with Crippen LogP contribution in [0.1, 0.15) is 59.3 Å². The second-order valence-corrected chi connectivity index (χ2v) is 12.1. The van der Waals surface area contributed by atoms with Gasteiger partial charge in [0.15, 0.2) is 0 Å². The van der Waals surface area contributed by atoms with E-state index in [1.165, 1.54) is 4.90 Å². The van der Waals surface area contributed by atoms with Gasteiger partial charge in [0.05, 0.1) is 37.1 Å². The minimum absolute atomic E-state index is 0.130. The van der Waals surface area contributed by atoms with Gasteiger partial charge in [-0.3, -0.25) is 19.2 Å². The van der Waals surface area contributed by atoms with Crippen LogP contribution in [0, 0.1) is 11.8 Å². The summed E-state index contributed by atoms with van der Waals surface area (Å²) in [6.07, 6.45) is 5.36. The number of esters is 1. The molecule has 1 spiro atoms. The molecule has 0 aliphatic carbocycles. The number of aliphatic hydroxyl groups excluding tert-OH is 1. The average molecular weight is 627 g/mol. The molecule has 1 unspecified atom stereocenters. The highest BCUT2D eigenvalue weighted by Gasteiger charge is 2.77. The zero-order chi connectivity index (χ0) is 29.6. The number of ether oxygens (including phenoxy) is 2. The first kappa shape index (κ1) is 32.3. The van der Waals surface area contributed by atoms with Crippen LogP contribution in [0.15, 0.2) is 25.3 Å². The Kier molecular flexibility index (Phi) is 11.4. The van der Waals surface area contributed by atoms with Crippen LogP contribution < -0.4 is 5.32 Å². The Labute approximate surface area is 245 Å². The van der Waals surface area contributed by atoms with Crippen LogP contribution in [0.2, 0.25) is 0 Å². The molecule has 0 aromatic carbocycles. The Morgan fingerprint density at radius 3 is 2.65 bits per heavy atom. The number of hydrogen-bond donors (Lipinski definition) is 2. The number of alkyl halides is 1. The smallest absolute Gasteiger partial charge is 0.312 e. The van der Waals surface area contributed by atoms with Crippen LogP contribution >= 0.6 is 15.9 Å². The molecular weight excluding hydrogens is 582 g/mol. The van der Waals surface area contributed by atoms with E-state index in [1.54, 1.807) is 24.0 Å². The number of allylic oxidation sites excluding steroid dienone is 1. The molecule has 0 aromatic rings. The molecule has 10 nitrogen and oxygen atoms in total. The summed E-state index contributed by atoms with van der Waals surface area (Å²) < 4.78 is 12.2. The Morgan fingerprint density at radius 1 is 1.32 bits per heavy atom. The number of aliphatic hydroxyl groups is 1. The Balaban J connectivity index is 1.91. The minimum atomic E-state index is -1.23. The zero-order valence-corrected chi connectivity index (χ0v) is 25.4. The highest BCUT2D eigenvalue weighted by Crippen LogP contribution is 2.60. The van der Waals surface area contributed by atoms with Gasteiger partial charge >= 0.3 is 5.97 Å². The van der Waals surface area contributed by atoms with Crippen molar-refractivity contribution in [1.82, 2.24) is 15.1 Å². The summed E-state index contributed by atoms with van der Waals surface area (Å²) >= 11 is 3.65. The van der Waals surface area contributed by atoms with E-state index in [9.17, 15) is 24.3 Å². The summed E-state index contributed by atoms with van der Waals surface area (Å²) in [6, 6.07) is -1.58. The molecule has 0 saturated carbocycles. The van der Waals surface area contributed by atoms with Gasteiger partial charge in [-0.15, -0.1) is 13.2 Å². The maximum absolute atomic E-state index is 14.2. The molecule has 3 saturated heterocycles. The van der Waals surface area contributed by atoms with Crippen molar-refractivity contribution in [2.24, 2.45) is 11.8 Å². The van der Waals surface area contributed by atoms with Gasteiger partial charge in [-0.1, -0.05) is 48.4 Å². The third kappa shape index (κ3) is 6.16. The molecular formula is C29H44BrN3O7. The van der Waals surface area contributed by atoms with E-state index in [-0.39, 0.29) is 35.7 Å². The lowest BCUT2D eigenvalue weighted by molar-refractivity contribution is -0.160. The summed E-state index contributed by atoms with van der Waals surface area (Å²) in [6.45, 7) is 13.6. The number of nitrogens with one attached hydrogen (secondary N) is 1. The third-order valence-corrected chi connectivity index (χ3v) is 9.08. The number of rotatable bonds is 16. The Morgan fingerprint density at radius 2 is 2.05 bits per heavy atom. The maximum Gasteiger partial charge on any atom is 0.312 e. The predicted molar refractivity (Wildman–Crippen MR) is 153 cm³/mol. The number of hydrogen-bond acceptors (Lipinski definition) is 7. The highest BCUT2D eigenvalue weighted by atomic mass is 79.9. The van der Waals surface area contributed by atoms with E-state index in [0.717, 1.165) is 12.8 Å². The highest BCUT2D eigenvalue weighted by molar-refractivity contribution is 9.09. The molecule has 3 rings (SSSR count). The molecule has 3 fully saturated rings. The van der Waals surface area contributed by atoms with Gasteiger partial charge in [-0.25, -0.2) is 0 Å². The van der Waals surface area contributed by atoms with E-state index in [1.807, 2.05) is 13.8 Å². The lowest BCUT2D eigenvalue weighted by Crippen LogP contribution is -2.59. The predicted octanol–water partition coefficient (Wildman–Crippen LogP) is 2.33. The number of amides is 3. The van der Waals surface area contributed by atoms with Crippen LogP contribution in [0.25, 0.3) is 0 Å². The fourth-order valence-corrected chi connectivity index (χ4v) is 7.23. The monoisotopic (exact) mass is 625 g/mol. The van der Waals surface area contributed by atoms with E-state index < -0.39 is 47.7 Å². The summed E-state index contributed by atoms with van der Waals surface area (Å²) in [5.74, 6) is -3.25. The van der Waals surface area contributed by atoms with Gasteiger partial charge in [-0.2, -0.15) is 0 Å². The summed E-state index contributed by atoms with van der Waals surface area (Å²) in [5, 5.41) is 12.9. The van der Waals surface area contributed by atoms with Gasteiger partial charge in [0.1, 0.15) is 17.7 Å². The van der Waals surface area contributed by atoms with Crippen molar-refractivity contribution in [1.29, 1.82) is 0 Å². The van der Waals surface area contributed by atoms with Crippen molar-refractivity contribution >= 4 is 39.6 Å². The van der Waals surface area contributed by atoms with Gasteiger partial charge in [0.2, 0.25) is 17.7 Å². The first-order valence-electron chi connectivity index (χ1n) is 14.3. The SMILES string of the molecule is C=CCCC(=O)NC[C@@H](C)OC(=O)[C@H]1[C@@H]2O[C@@]3(CC2Br)[C@@H]1C(=O)N([C@@H](CC)CO)[C@@H]3C(=O)N(CC=C)CCCC. The largest absolute Gasteiger partial charge is 0.460 e. The van der Waals surface area contributed by atoms with Crippen LogP contribution in [-0.2, 0) is 28.7 Å². The number of unbranched alkanes of at least 4 members (excludes halogenated alkanes) is 1. The van der Waals surface area contributed by atoms with E-state index in [0.29, 0.717) is 38.8 Å². The van der Waals surface area contributed by atoms with E-state index >= 15 is 0 Å². The Bertz CT molecular complexity index is 973. The quantitative estimate of drug-likeness (QED) is 0.153. The summed E-state index contributed by atoms with van der Waals surface area (Å²) in [5.41, 5.74) is -1.23. The molecule has 2 bridgehead atoms. The molecule has 3 heterocycles. The number of carbonyl (C=O) groups excluding carboxylic acids is 4. The molecule has 2 N–H and O–H groups in total. The van der Waals surface area contributed by atoms with Crippen molar-refractivity contribution in [2.75, 3.05) is 26.2 Å². The topological polar surface area (TPSA) is 125 Å². The van der Waals surface area contributed by atoms with E-state index in [2.05, 4.69) is 34.4 Å². The van der Waals surface area contributed by atoms with Gasteiger partial charge < -0.3 is 29.7 Å². The fraction of sp³-hybridized carbons (Fsp3) is 0.724. The lowest BCUT2D eigenvalue weighted by Gasteiger charge is -2.39. The first-order valence-corrected chi connectivity index (χ1v) is 15.3. The zero-order valence-electron chi connectivity index (χ0n) is 23.9. The molecule has 0 radical (unpaired) electrons. The fourth-order valence-electron chi connectivity index (χ4n) is 6.29. The maximum atomic E-state index is 14.2. The third-order valence-electron chi connectivity index (χ3n) is 8.23. The van der Waals surface area contributed by atoms with E-state index in [4.69, 9.17) is 9.47 Å². The molecule has 3 amide bonds. The number of carbonyl (C=O) groups is 4. The summed E-state index contributed by atoms with van der Waals surface area (Å²) in [4.78, 5) is 56.8. The minimum Gasteiger partial charge on any atom is -0.460 e.